The molecule has 4 nitrogen and oxygen atoms in total. The van der Waals surface area contributed by atoms with Gasteiger partial charge in [-0.25, -0.2) is 0 Å². The number of anilines is 1. The first-order valence-electron chi connectivity index (χ1n) is 7.93. The summed E-state index contributed by atoms with van der Waals surface area (Å²) in [6, 6.07) is 7.45. The summed E-state index contributed by atoms with van der Waals surface area (Å²) in [5.41, 5.74) is 0.912. The minimum atomic E-state index is -0.250. The molecular formula is C17H25FN2O2. The molecule has 0 unspecified atom stereocenters. The number of piperazine rings is 1. The molecule has 22 heavy (non-hydrogen) atoms. The number of benzene rings is 1. The highest BCUT2D eigenvalue weighted by Crippen LogP contribution is 2.23. The zero-order valence-corrected chi connectivity index (χ0v) is 13.4. The number of unbranched alkanes of at least 4 members (excludes halogenated alkanes) is 2. The third kappa shape index (κ3) is 3.97. The molecule has 1 atom stereocenters. The van der Waals surface area contributed by atoms with Gasteiger partial charge < -0.3 is 9.64 Å². The largest absolute Gasteiger partial charge is 0.497 e. The molecule has 0 bridgehead atoms. The number of hydrogen-bond donors (Lipinski definition) is 0. The number of methoxy groups -OCH3 is 1. The third-order valence-corrected chi connectivity index (χ3v) is 4.25. The van der Waals surface area contributed by atoms with Crippen LogP contribution in [0.4, 0.5) is 10.1 Å². The van der Waals surface area contributed by atoms with Crippen LogP contribution >= 0.6 is 0 Å². The Hall–Kier alpha value is -1.62. The highest BCUT2D eigenvalue weighted by atomic mass is 19.1. The van der Waals surface area contributed by atoms with Crippen molar-refractivity contribution in [3.8, 4) is 5.75 Å². The maximum Gasteiger partial charge on any atom is 0.244 e. The number of rotatable bonds is 7. The second kappa shape index (κ2) is 8.13. The Bertz CT molecular complexity index is 478. The van der Waals surface area contributed by atoms with Crippen molar-refractivity contribution in [1.29, 1.82) is 0 Å². The van der Waals surface area contributed by atoms with E-state index in [-0.39, 0.29) is 18.6 Å². The molecule has 0 aromatic heterocycles. The molecule has 1 fully saturated rings. The van der Waals surface area contributed by atoms with Crippen molar-refractivity contribution in [2.45, 2.75) is 32.2 Å². The van der Waals surface area contributed by atoms with Crippen LogP contribution in [-0.2, 0) is 4.79 Å². The van der Waals surface area contributed by atoms with Crippen LogP contribution in [0.2, 0.25) is 0 Å². The second-order valence-electron chi connectivity index (χ2n) is 5.65. The van der Waals surface area contributed by atoms with Crippen molar-refractivity contribution in [3.05, 3.63) is 24.3 Å². The normalized spacial score (nSPS) is 19.5. The van der Waals surface area contributed by atoms with Gasteiger partial charge in [-0.05, 0) is 57.0 Å². The number of halogens is 1. The quantitative estimate of drug-likeness (QED) is 0.726. The van der Waals surface area contributed by atoms with E-state index in [2.05, 4.69) is 4.90 Å². The molecule has 2 rings (SSSR count). The molecule has 1 amide bonds. The Labute approximate surface area is 131 Å². The molecule has 1 aromatic rings. The van der Waals surface area contributed by atoms with E-state index in [4.69, 9.17) is 4.74 Å². The Morgan fingerprint density at radius 2 is 1.91 bits per heavy atom. The lowest BCUT2D eigenvalue weighted by Crippen LogP contribution is -2.56. The molecule has 0 spiro atoms. The van der Waals surface area contributed by atoms with Crippen LogP contribution in [-0.4, -0.2) is 50.3 Å². The van der Waals surface area contributed by atoms with Crippen LogP contribution in [0.3, 0.4) is 0 Å². The van der Waals surface area contributed by atoms with E-state index < -0.39 is 0 Å². The molecule has 1 saturated heterocycles. The summed E-state index contributed by atoms with van der Waals surface area (Å²) in [6.45, 7) is 4.11. The fraction of sp³-hybridized carbons (Fsp3) is 0.588. The van der Waals surface area contributed by atoms with E-state index in [1.807, 2.05) is 36.1 Å². The minimum Gasteiger partial charge on any atom is -0.497 e. The van der Waals surface area contributed by atoms with Crippen molar-refractivity contribution in [3.63, 3.8) is 0 Å². The summed E-state index contributed by atoms with van der Waals surface area (Å²) >= 11 is 0. The zero-order valence-electron chi connectivity index (χ0n) is 13.4. The van der Waals surface area contributed by atoms with Gasteiger partial charge in [0.2, 0.25) is 5.91 Å². The summed E-state index contributed by atoms with van der Waals surface area (Å²) in [4.78, 5) is 16.6. The minimum absolute atomic E-state index is 0.124. The van der Waals surface area contributed by atoms with Crippen LogP contribution in [0.5, 0.6) is 5.75 Å². The average molecular weight is 308 g/mol. The van der Waals surface area contributed by atoms with E-state index in [9.17, 15) is 9.18 Å². The number of alkyl halides is 1. The van der Waals surface area contributed by atoms with Gasteiger partial charge in [-0.2, -0.15) is 0 Å². The Balaban J connectivity index is 1.93. The second-order valence-corrected chi connectivity index (χ2v) is 5.65. The summed E-state index contributed by atoms with van der Waals surface area (Å²) in [6.07, 6.45) is 2.45. The predicted octanol–water partition coefficient (Wildman–Crippen LogP) is 2.87. The number of amides is 1. The van der Waals surface area contributed by atoms with Gasteiger partial charge in [-0.15, -0.1) is 0 Å². The van der Waals surface area contributed by atoms with Gasteiger partial charge in [0.15, 0.2) is 0 Å². The lowest BCUT2D eigenvalue weighted by atomic mass is 10.1. The summed E-state index contributed by atoms with van der Waals surface area (Å²) in [7, 11) is 1.63. The van der Waals surface area contributed by atoms with Crippen LogP contribution in [0.25, 0.3) is 0 Å². The van der Waals surface area contributed by atoms with E-state index in [0.29, 0.717) is 13.0 Å². The first-order chi connectivity index (χ1) is 10.7. The van der Waals surface area contributed by atoms with Gasteiger partial charge >= 0.3 is 0 Å². The number of ether oxygens (including phenoxy) is 1. The Morgan fingerprint density at radius 3 is 2.55 bits per heavy atom. The lowest BCUT2D eigenvalue weighted by molar-refractivity contribution is -0.125. The zero-order chi connectivity index (χ0) is 15.9. The SMILES string of the molecule is COc1ccc(N2CCN(CCCCCF)[C@@H](C)C2=O)cc1. The van der Waals surface area contributed by atoms with E-state index in [1.54, 1.807) is 7.11 Å². The van der Waals surface area contributed by atoms with Crippen LogP contribution in [0.15, 0.2) is 24.3 Å². The number of carbonyl (C=O) groups excluding carboxylic acids is 1. The highest BCUT2D eigenvalue weighted by molar-refractivity contribution is 5.97. The van der Waals surface area contributed by atoms with Gasteiger partial charge in [0.25, 0.3) is 0 Å². The van der Waals surface area contributed by atoms with Gasteiger partial charge in [0.05, 0.1) is 19.8 Å². The summed E-state index contributed by atoms with van der Waals surface area (Å²) < 4.78 is 17.3. The molecule has 122 valence electrons. The molecule has 0 N–H and O–H groups in total. The van der Waals surface area contributed by atoms with Crippen LogP contribution < -0.4 is 9.64 Å². The van der Waals surface area contributed by atoms with Gasteiger partial charge in [-0.1, -0.05) is 0 Å². The lowest BCUT2D eigenvalue weighted by Gasteiger charge is -2.39. The number of nitrogens with zero attached hydrogens (tertiary/aromatic N) is 2. The maximum atomic E-state index is 12.6. The molecular weight excluding hydrogens is 283 g/mol. The molecule has 5 heteroatoms. The fourth-order valence-electron chi connectivity index (χ4n) is 2.82. The molecule has 0 aliphatic carbocycles. The van der Waals surface area contributed by atoms with Gasteiger partial charge in [0, 0.05) is 18.8 Å². The maximum absolute atomic E-state index is 12.6. The smallest absolute Gasteiger partial charge is 0.244 e. The highest BCUT2D eigenvalue weighted by Gasteiger charge is 2.31. The fourth-order valence-corrected chi connectivity index (χ4v) is 2.82. The first kappa shape index (κ1) is 16.7. The van der Waals surface area contributed by atoms with E-state index in [1.165, 1.54) is 0 Å². The molecule has 0 saturated carbocycles. The predicted molar refractivity (Wildman–Crippen MR) is 86.2 cm³/mol. The van der Waals surface area contributed by atoms with E-state index >= 15 is 0 Å². The molecule has 1 aliphatic rings. The van der Waals surface area contributed by atoms with Crippen LogP contribution in [0.1, 0.15) is 26.2 Å². The monoisotopic (exact) mass is 308 g/mol. The average Bonchev–Trinajstić information content (AvgIpc) is 2.55. The third-order valence-electron chi connectivity index (χ3n) is 4.25. The topological polar surface area (TPSA) is 32.8 Å². The summed E-state index contributed by atoms with van der Waals surface area (Å²) in [5.74, 6) is 0.914. The van der Waals surface area contributed by atoms with E-state index in [0.717, 1.165) is 37.4 Å². The molecule has 0 radical (unpaired) electrons. The van der Waals surface area contributed by atoms with Crippen LogP contribution in [0, 0.1) is 0 Å². The van der Waals surface area contributed by atoms with Crippen molar-refractivity contribution in [2.75, 3.05) is 38.3 Å². The first-order valence-corrected chi connectivity index (χ1v) is 7.93. The van der Waals surface area contributed by atoms with Gasteiger partial charge in [-0.3, -0.25) is 14.1 Å². The number of hydrogen-bond acceptors (Lipinski definition) is 3. The van der Waals surface area contributed by atoms with Crippen molar-refractivity contribution >= 4 is 11.6 Å². The van der Waals surface area contributed by atoms with Crippen molar-refractivity contribution in [1.82, 2.24) is 4.90 Å². The number of carbonyl (C=O) groups is 1. The standard InChI is InChI=1S/C17H25FN2O2/c1-14-17(21)20(15-6-8-16(22-2)9-7-15)13-12-19(14)11-5-3-4-10-18/h6-9,14H,3-5,10-13H2,1-2H3/t14-/m0/s1. The van der Waals surface area contributed by atoms with Crippen molar-refractivity contribution in [2.24, 2.45) is 0 Å². The Kier molecular flexibility index (Phi) is 6.19. The molecule has 1 heterocycles. The molecule has 1 aromatic carbocycles. The molecule has 1 aliphatic heterocycles. The van der Waals surface area contributed by atoms with Crippen molar-refractivity contribution < 1.29 is 13.9 Å². The summed E-state index contributed by atoms with van der Waals surface area (Å²) in [5, 5.41) is 0. The van der Waals surface area contributed by atoms with Gasteiger partial charge in [0.1, 0.15) is 5.75 Å². The Morgan fingerprint density at radius 1 is 1.18 bits per heavy atom.